The van der Waals surface area contributed by atoms with Crippen LogP contribution in [0, 0.1) is 11.3 Å². The summed E-state index contributed by atoms with van der Waals surface area (Å²) in [6.45, 7) is 2.62. The predicted molar refractivity (Wildman–Crippen MR) is 115 cm³/mol. The first-order chi connectivity index (χ1) is 16.2. The Hall–Kier alpha value is -2.82. The van der Waals surface area contributed by atoms with Crippen molar-refractivity contribution in [1.29, 1.82) is 0 Å². The molecule has 1 aliphatic carbocycles. The van der Waals surface area contributed by atoms with Crippen molar-refractivity contribution >= 4 is 22.8 Å². The Labute approximate surface area is 193 Å². The summed E-state index contributed by atoms with van der Waals surface area (Å²) in [6, 6.07) is 4.99. The van der Waals surface area contributed by atoms with E-state index in [9.17, 15) is 22.8 Å². The number of benzene rings is 1. The molecule has 4 fully saturated rings. The summed E-state index contributed by atoms with van der Waals surface area (Å²) < 4.78 is 45.1. The number of hydrogen-bond donors (Lipinski definition) is 2. The third-order valence-electron chi connectivity index (χ3n) is 7.78. The highest BCUT2D eigenvalue weighted by atomic mass is 19.4. The lowest BCUT2D eigenvalue weighted by Gasteiger charge is -2.60. The molecule has 1 aromatic heterocycles. The molecule has 0 unspecified atom stereocenters. The van der Waals surface area contributed by atoms with Gasteiger partial charge in [-0.05, 0) is 49.3 Å². The molecule has 3 saturated heterocycles. The fraction of sp³-hybridized carbons (Fsp3) is 0.609. The number of halogens is 3. The molecule has 3 aliphatic heterocycles. The molecule has 1 saturated carbocycles. The molecule has 2 aromatic rings. The Balaban J connectivity index is 1.02. The van der Waals surface area contributed by atoms with Gasteiger partial charge in [0, 0.05) is 37.0 Å². The number of nitrogens with zero attached hydrogens (tertiary/aromatic N) is 3. The van der Waals surface area contributed by atoms with Crippen LogP contribution < -0.4 is 5.32 Å². The Morgan fingerprint density at radius 1 is 1.24 bits per heavy atom. The molecule has 182 valence electrons. The van der Waals surface area contributed by atoms with Gasteiger partial charge in [-0.1, -0.05) is 6.07 Å². The van der Waals surface area contributed by atoms with Gasteiger partial charge in [0.15, 0.2) is 5.69 Å². The van der Waals surface area contributed by atoms with Crippen LogP contribution in [0.4, 0.5) is 18.0 Å². The third-order valence-corrected chi connectivity index (χ3v) is 7.78. The van der Waals surface area contributed by atoms with Gasteiger partial charge in [0.25, 0.3) is 0 Å². The minimum atomic E-state index is -4.48. The Bertz CT molecular complexity index is 1130. The Morgan fingerprint density at radius 3 is 2.79 bits per heavy atom. The van der Waals surface area contributed by atoms with Crippen molar-refractivity contribution in [3.8, 4) is 0 Å². The molecule has 8 nitrogen and oxygen atoms in total. The number of aromatic amines is 1. The molecular weight excluding hydrogens is 451 g/mol. The molecule has 4 heterocycles. The molecule has 6 rings (SSSR count). The van der Waals surface area contributed by atoms with Crippen LogP contribution in [0.15, 0.2) is 18.2 Å². The van der Waals surface area contributed by atoms with Gasteiger partial charge in [-0.15, -0.1) is 0 Å². The number of carbonyl (C=O) groups is 2. The van der Waals surface area contributed by atoms with Crippen LogP contribution >= 0.6 is 0 Å². The average Bonchev–Trinajstić information content (AvgIpc) is 3.17. The van der Waals surface area contributed by atoms with Gasteiger partial charge >= 0.3 is 12.2 Å². The number of H-pyrrole nitrogens is 1. The van der Waals surface area contributed by atoms with Crippen LogP contribution in [-0.2, 0) is 22.1 Å². The number of hydrogen-bond acceptors (Lipinski definition) is 4. The topological polar surface area (TPSA) is 90.6 Å². The molecular formula is C23H26F3N5O3. The van der Waals surface area contributed by atoms with Crippen LogP contribution in [0.3, 0.4) is 0 Å². The first-order valence-corrected chi connectivity index (χ1v) is 11.7. The second kappa shape index (κ2) is 7.59. The smallest absolute Gasteiger partial charge is 0.366 e. The highest BCUT2D eigenvalue weighted by molar-refractivity contribution is 5.82. The second-order valence-electron chi connectivity index (χ2n) is 10.3. The number of aromatic nitrogens is 2. The van der Waals surface area contributed by atoms with E-state index in [1.165, 1.54) is 0 Å². The lowest BCUT2D eigenvalue weighted by atomic mass is 9.56. The highest BCUT2D eigenvalue weighted by Crippen LogP contribution is 2.53. The van der Waals surface area contributed by atoms with Crippen molar-refractivity contribution in [3.63, 3.8) is 0 Å². The Morgan fingerprint density at radius 2 is 2.03 bits per heavy atom. The van der Waals surface area contributed by atoms with Crippen molar-refractivity contribution in [1.82, 2.24) is 25.3 Å². The van der Waals surface area contributed by atoms with Crippen LogP contribution in [0.2, 0.25) is 0 Å². The monoisotopic (exact) mass is 477 g/mol. The van der Waals surface area contributed by atoms with Gasteiger partial charge < -0.3 is 19.9 Å². The number of rotatable bonds is 2. The number of nitrogens with one attached hydrogen (secondary N) is 2. The normalized spacial score (nSPS) is 26.7. The minimum Gasteiger partial charge on any atom is -0.366 e. The molecule has 1 aromatic carbocycles. The summed E-state index contributed by atoms with van der Waals surface area (Å²) in [4.78, 5) is 28.2. The van der Waals surface area contributed by atoms with E-state index in [1.54, 1.807) is 17.0 Å². The molecule has 4 aliphatic rings. The minimum absolute atomic E-state index is 0.0115. The van der Waals surface area contributed by atoms with Crippen molar-refractivity contribution in [3.05, 3.63) is 29.5 Å². The van der Waals surface area contributed by atoms with Crippen molar-refractivity contribution < 1.29 is 27.5 Å². The summed E-state index contributed by atoms with van der Waals surface area (Å²) >= 11 is 0. The first-order valence-electron chi connectivity index (χ1n) is 11.7. The van der Waals surface area contributed by atoms with Crippen LogP contribution in [0.1, 0.15) is 30.5 Å². The predicted octanol–water partition coefficient (Wildman–Crippen LogP) is 2.55. The van der Waals surface area contributed by atoms with Gasteiger partial charge in [-0.2, -0.15) is 18.3 Å². The van der Waals surface area contributed by atoms with Crippen LogP contribution in [-0.4, -0.2) is 76.9 Å². The maximum atomic E-state index is 13.2. The van der Waals surface area contributed by atoms with Crippen molar-refractivity contribution in [2.45, 2.75) is 44.0 Å². The van der Waals surface area contributed by atoms with E-state index in [0.717, 1.165) is 44.3 Å². The first kappa shape index (κ1) is 21.7. The zero-order chi connectivity index (χ0) is 23.7. The number of ether oxygens (including phenoxy) is 1. The second-order valence-corrected chi connectivity index (χ2v) is 10.3. The molecule has 0 bridgehead atoms. The summed E-state index contributed by atoms with van der Waals surface area (Å²) in [5.74, 6) is 0.266. The fourth-order valence-electron chi connectivity index (χ4n) is 6.28. The molecule has 2 N–H and O–H groups in total. The van der Waals surface area contributed by atoms with E-state index in [2.05, 4.69) is 15.5 Å². The molecule has 3 amide bonds. The zero-order valence-electron chi connectivity index (χ0n) is 18.5. The van der Waals surface area contributed by atoms with Gasteiger partial charge in [0.05, 0.1) is 17.7 Å². The quantitative estimate of drug-likeness (QED) is 0.696. The van der Waals surface area contributed by atoms with E-state index in [4.69, 9.17) is 4.74 Å². The number of amides is 3. The largest absolute Gasteiger partial charge is 0.435 e. The number of carbonyl (C=O) groups excluding carboxylic acids is 2. The van der Waals surface area contributed by atoms with Gasteiger partial charge in [-0.3, -0.25) is 9.89 Å². The maximum Gasteiger partial charge on any atom is 0.435 e. The number of fused-ring (bicyclic) bond motifs is 2. The molecule has 0 radical (unpaired) electrons. The van der Waals surface area contributed by atoms with Crippen molar-refractivity contribution in [2.24, 2.45) is 11.3 Å². The van der Waals surface area contributed by atoms with E-state index in [-0.39, 0.29) is 41.5 Å². The molecule has 11 heteroatoms. The van der Waals surface area contributed by atoms with Gasteiger partial charge in [0.1, 0.15) is 6.61 Å². The summed E-state index contributed by atoms with van der Waals surface area (Å²) in [7, 11) is 0. The van der Waals surface area contributed by atoms with Crippen molar-refractivity contribution in [2.75, 3.05) is 32.8 Å². The molecule has 1 spiro atoms. The Kier molecular flexibility index (Phi) is 4.84. The standard InChI is InChI=1S/C23H26F3N5O3/c24-23(25,26)20-15-6-13(1-2-16(15)28-29-20)5-14-7-22(8-14)11-31(12-22)21(33)30-4-3-18-17(9-30)27-19(32)10-34-18/h1-2,6,14,17-18H,3-5,7-12H2,(H,27,32)(H,28,29)/t17-,18+/m1/s1. The van der Waals surface area contributed by atoms with E-state index in [1.807, 2.05) is 11.0 Å². The molecule has 2 atom stereocenters. The lowest BCUT2D eigenvalue weighted by Crippen LogP contribution is -2.68. The lowest BCUT2D eigenvalue weighted by molar-refractivity contribution is -0.140. The van der Waals surface area contributed by atoms with Crippen LogP contribution in [0.5, 0.6) is 0 Å². The van der Waals surface area contributed by atoms with Gasteiger partial charge in [0.2, 0.25) is 5.91 Å². The third kappa shape index (κ3) is 3.70. The number of piperidine rings is 1. The number of alkyl halides is 3. The zero-order valence-corrected chi connectivity index (χ0v) is 18.5. The number of morpholine rings is 1. The number of likely N-dealkylation sites (tertiary alicyclic amines) is 2. The maximum absolute atomic E-state index is 13.2. The molecule has 34 heavy (non-hydrogen) atoms. The fourth-order valence-corrected chi connectivity index (χ4v) is 6.28. The average molecular weight is 477 g/mol. The van der Waals surface area contributed by atoms with E-state index in [0.29, 0.717) is 24.5 Å². The van der Waals surface area contributed by atoms with Gasteiger partial charge in [-0.25, -0.2) is 4.79 Å². The van der Waals surface area contributed by atoms with E-state index < -0.39 is 11.9 Å². The SMILES string of the molecule is O=C1CO[C@H]2CCN(C(=O)N3CC4(CC(Cc5ccc6[nH]nc(C(F)(F)F)c6c5)C4)C3)C[C@H]2N1. The summed E-state index contributed by atoms with van der Waals surface area (Å²) in [5, 5.41) is 8.93. The highest BCUT2D eigenvalue weighted by Gasteiger charge is 2.54. The summed E-state index contributed by atoms with van der Waals surface area (Å²) in [5.41, 5.74) is 0.535. The summed E-state index contributed by atoms with van der Waals surface area (Å²) in [6.07, 6.45) is -1.12. The van der Waals surface area contributed by atoms with Crippen LogP contribution in [0.25, 0.3) is 10.9 Å². The number of urea groups is 1. The van der Waals surface area contributed by atoms with E-state index >= 15 is 0 Å².